The van der Waals surface area contributed by atoms with Crippen LogP contribution in [0.2, 0.25) is 0 Å². The molecule has 0 atom stereocenters. The lowest BCUT2D eigenvalue weighted by molar-refractivity contribution is -0.387. The van der Waals surface area contributed by atoms with E-state index in [-0.39, 0.29) is 5.78 Å². The van der Waals surface area contributed by atoms with Gasteiger partial charge in [0.2, 0.25) is 0 Å². The van der Waals surface area contributed by atoms with Crippen molar-refractivity contribution >= 4 is 11.5 Å². The first kappa shape index (κ1) is 14.8. The number of aromatic nitrogens is 2. The first-order chi connectivity index (χ1) is 8.55. The van der Waals surface area contributed by atoms with Gasteiger partial charge in [-0.25, -0.2) is 9.36 Å². The summed E-state index contributed by atoms with van der Waals surface area (Å²) in [6, 6.07) is 0. The quantitative estimate of drug-likeness (QED) is 0.570. The van der Waals surface area contributed by atoms with E-state index in [1.54, 1.807) is 20.8 Å². The summed E-state index contributed by atoms with van der Waals surface area (Å²) in [5.41, 5.74) is -3.29. The maximum atomic E-state index is 11.9. The molecular formula is C11H15N3O5. The Kier molecular flexibility index (Phi) is 3.73. The molecule has 1 heterocycles. The zero-order chi connectivity index (χ0) is 15.0. The van der Waals surface area contributed by atoms with E-state index in [1.165, 1.54) is 7.05 Å². The van der Waals surface area contributed by atoms with Crippen LogP contribution < -0.4 is 11.2 Å². The second-order valence-electron chi connectivity index (χ2n) is 5.23. The molecule has 0 N–H and O–H groups in total. The summed E-state index contributed by atoms with van der Waals surface area (Å²) in [6.45, 7) is 4.45. The molecule has 8 heteroatoms. The minimum atomic E-state index is -1.06. The van der Waals surface area contributed by atoms with Crippen molar-refractivity contribution in [1.82, 2.24) is 9.13 Å². The highest BCUT2D eigenvalue weighted by Crippen LogP contribution is 2.14. The standard InChI is InChI=1S/C11H15N3O5/c1-11(2,3)8(15)6-13-9(16)7(14(18)19)5-12(4)10(13)17/h5H,6H2,1-4H3. The van der Waals surface area contributed by atoms with Gasteiger partial charge in [-0.3, -0.25) is 24.3 Å². The van der Waals surface area contributed by atoms with Crippen LogP contribution in [0, 0.1) is 15.5 Å². The average molecular weight is 269 g/mol. The third-order valence-electron chi connectivity index (χ3n) is 2.65. The summed E-state index contributed by atoms with van der Waals surface area (Å²) in [6.07, 6.45) is 0.850. The molecule has 0 aliphatic heterocycles. The molecule has 8 nitrogen and oxygen atoms in total. The Balaban J connectivity index is 3.44. The second-order valence-corrected chi connectivity index (χ2v) is 5.23. The number of nitrogens with zero attached hydrogens (tertiary/aromatic N) is 3. The van der Waals surface area contributed by atoms with Crippen LogP contribution in [0.4, 0.5) is 5.69 Å². The van der Waals surface area contributed by atoms with Crippen LogP contribution in [-0.4, -0.2) is 19.8 Å². The number of hydrogen-bond donors (Lipinski definition) is 0. The number of nitro groups is 1. The Morgan fingerprint density at radius 2 is 1.89 bits per heavy atom. The Morgan fingerprint density at radius 3 is 2.32 bits per heavy atom. The van der Waals surface area contributed by atoms with Crippen molar-refractivity contribution < 1.29 is 9.72 Å². The number of rotatable bonds is 3. The zero-order valence-electron chi connectivity index (χ0n) is 11.2. The fourth-order valence-corrected chi connectivity index (χ4v) is 1.35. The molecule has 0 bridgehead atoms. The molecule has 0 unspecified atom stereocenters. The van der Waals surface area contributed by atoms with Crippen molar-refractivity contribution in [2.24, 2.45) is 12.5 Å². The minimum Gasteiger partial charge on any atom is -0.297 e. The van der Waals surface area contributed by atoms with Crippen molar-refractivity contribution in [1.29, 1.82) is 0 Å². The van der Waals surface area contributed by atoms with Gasteiger partial charge in [-0.2, -0.15) is 0 Å². The average Bonchev–Trinajstić information content (AvgIpc) is 2.27. The highest BCUT2D eigenvalue weighted by molar-refractivity contribution is 5.83. The van der Waals surface area contributed by atoms with Crippen molar-refractivity contribution in [2.75, 3.05) is 0 Å². The van der Waals surface area contributed by atoms with Crippen LogP contribution in [0.1, 0.15) is 20.8 Å². The lowest BCUT2D eigenvalue weighted by atomic mass is 9.91. The maximum absolute atomic E-state index is 11.9. The van der Waals surface area contributed by atoms with Gasteiger partial charge in [-0.15, -0.1) is 0 Å². The molecule has 0 aliphatic rings. The molecule has 1 aromatic heterocycles. The lowest BCUT2D eigenvalue weighted by Crippen LogP contribution is -2.43. The van der Waals surface area contributed by atoms with E-state index in [4.69, 9.17) is 0 Å². The predicted octanol–water partition coefficient (Wildman–Crippen LogP) is 0.0704. The van der Waals surface area contributed by atoms with Crippen molar-refractivity contribution in [3.8, 4) is 0 Å². The van der Waals surface area contributed by atoms with Gasteiger partial charge in [-0.1, -0.05) is 20.8 Å². The Morgan fingerprint density at radius 1 is 1.37 bits per heavy atom. The highest BCUT2D eigenvalue weighted by atomic mass is 16.6. The number of Topliss-reactive ketones (excluding diaryl/α,β-unsaturated/α-hetero) is 1. The molecule has 104 valence electrons. The van der Waals surface area contributed by atoms with E-state index in [0.29, 0.717) is 4.57 Å². The highest BCUT2D eigenvalue weighted by Gasteiger charge is 2.25. The summed E-state index contributed by atoms with van der Waals surface area (Å²) in [4.78, 5) is 45.3. The molecule has 0 aromatic carbocycles. The van der Waals surface area contributed by atoms with E-state index in [0.717, 1.165) is 10.8 Å². The number of aryl methyl sites for hydroxylation is 1. The Labute approximate surface area is 108 Å². The van der Waals surface area contributed by atoms with Crippen LogP contribution in [0.15, 0.2) is 15.8 Å². The van der Waals surface area contributed by atoms with Gasteiger partial charge in [0.05, 0.1) is 17.7 Å². The molecular weight excluding hydrogens is 254 g/mol. The molecule has 0 amide bonds. The molecule has 0 radical (unpaired) electrons. The first-order valence-electron chi connectivity index (χ1n) is 5.54. The SMILES string of the molecule is Cn1cc([N+](=O)[O-])c(=O)n(CC(=O)C(C)(C)C)c1=O. The Hall–Kier alpha value is -2.25. The number of hydrogen-bond acceptors (Lipinski definition) is 5. The van der Waals surface area contributed by atoms with Crippen molar-refractivity contribution in [3.05, 3.63) is 37.1 Å². The molecule has 1 aromatic rings. The van der Waals surface area contributed by atoms with Gasteiger partial charge in [0.15, 0.2) is 5.78 Å². The summed E-state index contributed by atoms with van der Waals surface area (Å²) in [7, 11) is 1.28. The maximum Gasteiger partial charge on any atom is 0.350 e. The van der Waals surface area contributed by atoms with Gasteiger partial charge in [0.25, 0.3) is 0 Å². The molecule has 1 rings (SSSR count). The van der Waals surface area contributed by atoms with Gasteiger partial charge in [0, 0.05) is 12.5 Å². The summed E-state index contributed by atoms with van der Waals surface area (Å²) < 4.78 is 1.50. The van der Waals surface area contributed by atoms with Gasteiger partial charge in [0.1, 0.15) is 0 Å². The summed E-state index contributed by atoms with van der Waals surface area (Å²) in [5.74, 6) is -0.354. The fourth-order valence-electron chi connectivity index (χ4n) is 1.35. The monoisotopic (exact) mass is 269 g/mol. The van der Waals surface area contributed by atoms with Crippen LogP contribution >= 0.6 is 0 Å². The molecule has 0 spiro atoms. The molecule has 0 fully saturated rings. The predicted molar refractivity (Wildman–Crippen MR) is 67.1 cm³/mol. The van der Waals surface area contributed by atoms with Crippen LogP contribution in [-0.2, 0) is 18.4 Å². The first-order valence-corrected chi connectivity index (χ1v) is 5.54. The van der Waals surface area contributed by atoms with Crippen molar-refractivity contribution in [2.45, 2.75) is 27.3 Å². The third-order valence-corrected chi connectivity index (χ3v) is 2.65. The van der Waals surface area contributed by atoms with Crippen LogP contribution in [0.5, 0.6) is 0 Å². The van der Waals surface area contributed by atoms with Gasteiger partial charge >= 0.3 is 16.9 Å². The number of carbonyl (C=O) groups excluding carboxylic acids is 1. The van der Waals surface area contributed by atoms with E-state index >= 15 is 0 Å². The van der Waals surface area contributed by atoms with Gasteiger partial charge in [-0.05, 0) is 0 Å². The largest absolute Gasteiger partial charge is 0.350 e. The van der Waals surface area contributed by atoms with Crippen molar-refractivity contribution in [3.63, 3.8) is 0 Å². The van der Waals surface area contributed by atoms with Crippen LogP contribution in [0.3, 0.4) is 0 Å². The molecule has 0 saturated carbocycles. The summed E-state index contributed by atoms with van der Waals surface area (Å²) in [5, 5.41) is 10.7. The van der Waals surface area contributed by atoms with Gasteiger partial charge < -0.3 is 0 Å². The minimum absolute atomic E-state index is 0.354. The smallest absolute Gasteiger partial charge is 0.297 e. The van der Waals surface area contributed by atoms with E-state index in [2.05, 4.69) is 0 Å². The number of ketones is 1. The van der Waals surface area contributed by atoms with E-state index in [9.17, 15) is 24.5 Å². The summed E-state index contributed by atoms with van der Waals surface area (Å²) >= 11 is 0. The van der Waals surface area contributed by atoms with Crippen LogP contribution in [0.25, 0.3) is 0 Å². The normalized spacial score (nSPS) is 11.4. The lowest BCUT2D eigenvalue weighted by Gasteiger charge is -2.17. The molecule has 0 aliphatic carbocycles. The van der Waals surface area contributed by atoms with E-state index < -0.39 is 33.8 Å². The topological polar surface area (TPSA) is 104 Å². The van der Waals surface area contributed by atoms with E-state index in [1.807, 2.05) is 0 Å². The molecule has 0 saturated heterocycles. The fraction of sp³-hybridized carbons (Fsp3) is 0.545. The number of carbonyl (C=O) groups is 1. The molecule has 19 heavy (non-hydrogen) atoms. The zero-order valence-corrected chi connectivity index (χ0v) is 11.2. The third kappa shape index (κ3) is 2.95. The second kappa shape index (κ2) is 4.79. The Bertz CT molecular complexity index is 648.